The standard InChI is InChI=1S/C24H15ClF3N3O2/c1-13-5-6-17(12-29-13)20-11-21(24(26,27)28)31-22(30-20)16-4-2-3-14(9-16)15-7-8-19(25)18(10-15)23(32)33/h2-12H,1H3,(H,32,33). The third-order valence-electron chi connectivity index (χ3n) is 4.87. The predicted molar refractivity (Wildman–Crippen MR) is 118 cm³/mol. The number of hydrogen-bond acceptors (Lipinski definition) is 4. The number of nitrogens with zero attached hydrogens (tertiary/aromatic N) is 3. The van der Waals surface area contributed by atoms with Gasteiger partial charge in [0.05, 0.1) is 16.3 Å². The fraction of sp³-hybridized carbons (Fsp3) is 0.0833. The monoisotopic (exact) mass is 469 g/mol. The summed E-state index contributed by atoms with van der Waals surface area (Å²) < 4.78 is 40.7. The van der Waals surface area contributed by atoms with Crippen molar-refractivity contribution in [1.82, 2.24) is 15.0 Å². The van der Waals surface area contributed by atoms with E-state index in [1.807, 2.05) is 0 Å². The van der Waals surface area contributed by atoms with Gasteiger partial charge in [0.25, 0.3) is 0 Å². The summed E-state index contributed by atoms with van der Waals surface area (Å²) in [5, 5.41) is 9.40. The highest BCUT2D eigenvalue weighted by Gasteiger charge is 2.34. The lowest BCUT2D eigenvalue weighted by Crippen LogP contribution is -2.10. The normalized spacial score (nSPS) is 11.4. The molecular formula is C24H15ClF3N3O2. The maximum atomic E-state index is 13.6. The maximum absolute atomic E-state index is 13.6. The van der Waals surface area contributed by atoms with Gasteiger partial charge in [0.2, 0.25) is 0 Å². The number of rotatable bonds is 4. The largest absolute Gasteiger partial charge is 0.478 e. The van der Waals surface area contributed by atoms with E-state index in [2.05, 4.69) is 15.0 Å². The van der Waals surface area contributed by atoms with E-state index in [-0.39, 0.29) is 22.1 Å². The van der Waals surface area contributed by atoms with Gasteiger partial charge < -0.3 is 5.11 Å². The Balaban J connectivity index is 1.84. The van der Waals surface area contributed by atoms with Crippen molar-refractivity contribution in [1.29, 1.82) is 0 Å². The van der Waals surface area contributed by atoms with Crippen LogP contribution in [0.5, 0.6) is 0 Å². The Morgan fingerprint density at radius 2 is 1.61 bits per heavy atom. The van der Waals surface area contributed by atoms with Crippen molar-refractivity contribution in [2.24, 2.45) is 0 Å². The summed E-state index contributed by atoms with van der Waals surface area (Å²) in [4.78, 5) is 23.6. The van der Waals surface area contributed by atoms with E-state index in [1.165, 1.54) is 18.3 Å². The van der Waals surface area contributed by atoms with E-state index in [0.717, 1.165) is 11.8 Å². The smallest absolute Gasteiger partial charge is 0.433 e. The summed E-state index contributed by atoms with van der Waals surface area (Å²) in [6.45, 7) is 1.77. The number of halogens is 4. The van der Waals surface area contributed by atoms with E-state index >= 15 is 0 Å². The van der Waals surface area contributed by atoms with E-state index in [1.54, 1.807) is 49.4 Å². The molecule has 0 saturated carbocycles. The van der Waals surface area contributed by atoms with Crippen LogP contribution in [-0.4, -0.2) is 26.0 Å². The molecular weight excluding hydrogens is 455 g/mol. The minimum Gasteiger partial charge on any atom is -0.478 e. The van der Waals surface area contributed by atoms with Crippen LogP contribution in [0, 0.1) is 6.92 Å². The van der Waals surface area contributed by atoms with Crippen molar-refractivity contribution < 1.29 is 23.1 Å². The van der Waals surface area contributed by atoms with Gasteiger partial charge >= 0.3 is 12.1 Å². The fourth-order valence-corrected chi connectivity index (χ4v) is 3.39. The zero-order valence-electron chi connectivity index (χ0n) is 17.1. The molecule has 0 fully saturated rings. The number of carboxylic acid groups (broad SMARTS) is 1. The van der Waals surface area contributed by atoms with Crippen molar-refractivity contribution in [2.75, 3.05) is 0 Å². The van der Waals surface area contributed by atoms with Gasteiger partial charge in [0.15, 0.2) is 5.82 Å². The second-order valence-electron chi connectivity index (χ2n) is 7.23. The SMILES string of the molecule is Cc1ccc(-c2cc(C(F)(F)F)nc(-c3cccc(-c4ccc(Cl)c(C(=O)O)c4)c3)n2)cn1. The molecule has 0 aliphatic heterocycles. The first-order chi connectivity index (χ1) is 15.6. The Bertz CT molecular complexity index is 1360. The van der Waals surface area contributed by atoms with Gasteiger partial charge in [-0.15, -0.1) is 0 Å². The molecule has 0 aliphatic rings. The van der Waals surface area contributed by atoms with Crippen molar-refractivity contribution >= 4 is 17.6 Å². The third kappa shape index (κ3) is 4.85. The molecule has 1 N–H and O–H groups in total. The van der Waals surface area contributed by atoms with Crippen LogP contribution in [0.4, 0.5) is 13.2 Å². The summed E-state index contributed by atoms with van der Waals surface area (Å²) in [5.41, 5.74) is 1.53. The number of aromatic carboxylic acids is 1. The first-order valence-corrected chi connectivity index (χ1v) is 10.0. The Labute approximate surface area is 191 Å². The first kappa shape index (κ1) is 22.4. The van der Waals surface area contributed by atoms with Crippen LogP contribution in [0.1, 0.15) is 21.7 Å². The van der Waals surface area contributed by atoms with Crippen LogP contribution in [0.3, 0.4) is 0 Å². The fourth-order valence-electron chi connectivity index (χ4n) is 3.20. The molecule has 0 radical (unpaired) electrons. The number of carboxylic acids is 1. The number of pyridine rings is 1. The van der Waals surface area contributed by atoms with Gasteiger partial charge in [-0.3, -0.25) is 4.98 Å². The van der Waals surface area contributed by atoms with Crippen molar-refractivity contribution in [3.05, 3.63) is 88.8 Å². The molecule has 0 saturated heterocycles. The molecule has 0 spiro atoms. The minimum atomic E-state index is -4.67. The van der Waals surface area contributed by atoms with Crippen LogP contribution in [-0.2, 0) is 6.18 Å². The molecule has 33 heavy (non-hydrogen) atoms. The second-order valence-corrected chi connectivity index (χ2v) is 7.64. The highest BCUT2D eigenvalue weighted by Crippen LogP contribution is 2.33. The molecule has 5 nitrogen and oxygen atoms in total. The Hall–Kier alpha value is -3.78. The second kappa shape index (κ2) is 8.63. The van der Waals surface area contributed by atoms with Gasteiger partial charge in [0.1, 0.15) is 5.69 Å². The summed E-state index contributed by atoms with van der Waals surface area (Å²) in [7, 11) is 0. The maximum Gasteiger partial charge on any atom is 0.433 e. The molecule has 166 valence electrons. The van der Waals surface area contributed by atoms with Crippen molar-refractivity contribution in [2.45, 2.75) is 13.1 Å². The van der Waals surface area contributed by atoms with E-state index in [4.69, 9.17) is 11.6 Å². The average Bonchev–Trinajstić information content (AvgIpc) is 2.79. The average molecular weight is 470 g/mol. The van der Waals surface area contributed by atoms with Gasteiger partial charge in [-0.2, -0.15) is 13.2 Å². The predicted octanol–water partition coefficient (Wildman–Crippen LogP) is 6.55. The van der Waals surface area contributed by atoms with E-state index in [9.17, 15) is 23.1 Å². The van der Waals surface area contributed by atoms with Crippen LogP contribution in [0.2, 0.25) is 5.02 Å². The molecule has 0 atom stereocenters. The molecule has 4 rings (SSSR count). The number of benzene rings is 2. The zero-order valence-corrected chi connectivity index (χ0v) is 17.8. The molecule has 2 heterocycles. The van der Waals surface area contributed by atoms with Gasteiger partial charge in [0, 0.05) is 23.0 Å². The highest BCUT2D eigenvalue weighted by molar-refractivity contribution is 6.33. The van der Waals surface area contributed by atoms with Crippen LogP contribution in [0.25, 0.3) is 33.8 Å². The zero-order chi connectivity index (χ0) is 23.8. The number of carbonyl (C=O) groups is 1. The van der Waals surface area contributed by atoms with Crippen LogP contribution in [0.15, 0.2) is 66.9 Å². The Morgan fingerprint density at radius 1 is 0.909 bits per heavy atom. The first-order valence-electron chi connectivity index (χ1n) is 9.65. The lowest BCUT2D eigenvalue weighted by Gasteiger charge is -2.12. The van der Waals surface area contributed by atoms with Gasteiger partial charge in [-0.1, -0.05) is 35.9 Å². The number of aromatic nitrogens is 3. The van der Waals surface area contributed by atoms with Crippen LogP contribution < -0.4 is 0 Å². The molecule has 9 heteroatoms. The lowest BCUT2D eigenvalue weighted by molar-refractivity contribution is -0.141. The van der Waals surface area contributed by atoms with E-state index < -0.39 is 17.8 Å². The quantitative estimate of drug-likeness (QED) is 0.366. The molecule has 0 aliphatic carbocycles. The topological polar surface area (TPSA) is 76.0 Å². The number of alkyl halides is 3. The van der Waals surface area contributed by atoms with Gasteiger partial charge in [-0.25, -0.2) is 14.8 Å². The molecule has 4 aromatic rings. The number of hydrogen-bond donors (Lipinski definition) is 1. The molecule has 0 bridgehead atoms. The van der Waals surface area contributed by atoms with Crippen molar-refractivity contribution in [3.8, 4) is 33.8 Å². The highest BCUT2D eigenvalue weighted by atomic mass is 35.5. The Morgan fingerprint density at radius 3 is 2.27 bits per heavy atom. The Kier molecular flexibility index (Phi) is 5.86. The van der Waals surface area contributed by atoms with Crippen LogP contribution >= 0.6 is 11.6 Å². The lowest BCUT2D eigenvalue weighted by atomic mass is 10.0. The molecule has 2 aromatic heterocycles. The van der Waals surface area contributed by atoms with Gasteiger partial charge in [-0.05, 0) is 54.4 Å². The molecule has 2 aromatic carbocycles. The summed E-state index contributed by atoms with van der Waals surface area (Å²) in [6, 6.07) is 15.2. The minimum absolute atomic E-state index is 0.0796. The molecule has 0 amide bonds. The molecule has 0 unspecified atom stereocenters. The summed E-state index contributed by atoms with van der Waals surface area (Å²) in [5.74, 6) is -1.30. The summed E-state index contributed by atoms with van der Waals surface area (Å²) in [6.07, 6.45) is -3.21. The van der Waals surface area contributed by atoms with Crippen molar-refractivity contribution in [3.63, 3.8) is 0 Å². The number of aryl methyl sites for hydroxylation is 1. The summed E-state index contributed by atoms with van der Waals surface area (Å²) >= 11 is 5.94. The van der Waals surface area contributed by atoms with E-state index in [0.29, 0.717) is 22.3 Å². The third-order valence-corrected chi connectivity index (χ3v) is 5.20.